The van der Waals surface area contributed by atoms with Crippen molar-refractivity contribution in [2.24, 2.45) is 0 Å². The van der Waals surface area contributed by atoms with Crippen LogP contribution in [0.1, 0.15) is 20.8 Å². The molecule has 0 atom stereocenters. The summed E-state index contributed by atoms with van der Waals surface area (Å²) in [7, 11) is -0.891. The highest BCUT2D eigenvalue weighted by Crippen LogP contribution is 2.25. The lowest BCUT2D eigenvalue weighted by atomic mass is 10.6. The van der Waals surface area contributed by atoms with Crippen molar-refractivity contribution >= 4 is 20.0 Å². The van der Waals surface area contributed by atoms with E-state index in [1.54, 1.807) is 0 Å². The molecule has 0 heterocycles. The first kappa shape index (κ1) is 12.5. The van der Waals surface area contributed by atoms with Gasteiger partial charge in [-0.15, -0.1) is 0 Å². The second-order valence-electron chi connectivity index (χ2n) is 4.24. The average Bonchev–Trinajstić information content (AvgIpc) is 1.98. The molecule has 0 aromatic carbocycles. The SMILES string of the molecule is CCNSCC[Si](C)(C)C(C)C. The molecule has 74 valence electrons. The van der Waals surface area contributed by atoms with E-state index in [2.05, 4.69) is 38.6 Å². The largest absolute Gasteiger partial charge is 0.264 e. The summed E-state index contributed by atoms with van der Waals surface area (Å²) in [6, 6.07) is 1.43. The van der Waals surface area contributed by atoms with Crippen LogP contribution in [0.5, 0.6) is 0 Å². The Morgan fingerprint density at radius 3 is 2.33 bits per heavy atom. The van der Waals surface area contributed by atoms with Gasteiger partial charge in [-0.3, -0.25) is 4.72 Å². The van der Waals surface area contributed by atoms with Gasteiger partial charge in [0.05, 0.1) is 8.07 Å². The first-order valence-electron chi connectivity index (χ1n) is 4.85. The Bertz CT molecular complexity index is 115. The molecule has 0 saturated carbocycles. The number of nitrogens with one attached hydrogen (secondary N) is 1. The third-order valence-electron chi connectivity index (χ3n) is 2.66. The van der Waals surface area contributed by atoms with E-state index in [-0.39, 0.29) is 0 Å². The first-order valence-corrected chi connectivity index (χ1v) is 9.12. The second kappa shape index (κ2) is 6.05. The Kier molecular flexibility index (Phi) is 6.32. The maximum Gasteiger partial charge on any atom is 0.0508 e. The molecule has 1 N–H and O–H groups in total. The van der Waals surface area contributed by atoms with Crippen molar-refractivity contribution in [1.29, 1.82) is 0 Å². The van der Waals surface area contributed by atoms with Crippen LogP contribution in [-0.2, 0) is 0 Å². The molecule has 0 unspecified atom stereocenters. The summed E-state index contributed by atoms with van der Waals surface area (Å²) in [6.07, 6.45) is 0. The molecule has 0 aromatic heterocycles. The highest BCUT2D eigenvalue weighted by atomic mass is 32.2. The molecule has 0 spiro atoms. The zero-order valence-electron chi connectivity index (χ0n) is 9.11. The Morgan fingerprint density at radius 1 is 1.33 bits per heavy atom. The Labute approximate surface area is 82.8 Å². The van der Waals surface area contributed by atoms with Crippen molar-refractivity contribution in [1.82, 2.24) is 4.72 Å². The summed E-state index contributed by atoms with van der Waals surface area (Å²) in [5.41, 5.74) is 0.916. The molecular weight excluding hydrogens is 182 g/mol. The molecule has 1 nitrogen and oxygen atoms in total. The Hall–Kier alpha value is 0.527. The lowest BCUT2D eigenvalue weighted by molar-refractivity contribution is 0.989. The minimum Gasteiger partial charge on any atom is -0.264 e. The van der Waals surface area contributed by atoms with Crippen molar-refractivity contribution in [3.05, 3.63) is 0 Å². The monoisotopic (exact) mass is 205 g/mol. The van der Waals surface area contributed by atoms with Gasteiger partial charge < -0.3 is 0 Å². The zero-order chi connectivity index (χ0) is 9.61. The average molecular weight is 205 g/mol. The normalized spacial score (nSPS) is 12.5. The molecule has 0 saturated heterocycles. The van der Waals surface area contributed by atoms with Crippen LogP contribution in [0.15, 0.2) is 0 Å². The van der Waals surface area contributed by atoms with Gasteiger partial charge >= 0.3 is 0 Å². The summed E-state index contributed by atoms with van der Waals surface area (Å²) < 4.78 is 3.30. The zero-order valence-corrected chi connectivity index (χ0v) is 10.9. The van der Waals surface area contributed by atoms with Crippen molar-refractivity contribution < 1.29 is 0 Å². The van der Waals surface area contributed by atoms with Crippen LogP contribution in [0, 0.1) is 0 Å². The lowest BCUT2D eigenvalue weighted by Gasteiger charge is -2.26. The maximum absolute atomic E-state index is 3.30. The van der Waals surface area contributed by atoms with Crippen LogP contribution in [0.2, 0.25) is 24.7 Å². The fourth-order valence-corrected chi connectivity index (χ4v) is 4.22. The van der Waals surface area contributed by atoms with Crippen LogP contribution in [0.4, 0.5) is 0 Å². The highest BCUT2D eigenvalue weighted by Gasteiger charge is 2.23. The van der Waals surface area contributed by atoms with Crippen LogP contribution < -0.4 is 4.72 Å². The first-order chi connectivity index (χ1) is 5.50. The third kappa shape index (κ3) is 5.22. The fourth-order valence-electron chi connectivity index (χ4n) is 0.777. The van der Waals surface area contributed by atoms with Crippen molar-refractivity contribution in [3.63, 3.8) is 0 Å². The minimum absolute atomic E-state index is 0.891. The number of hydrogen-bond donors (Lipinski definition) is 1. The van der Waals surface area contributed by atoms with Gasteiger partial charge in [-0.05, 0) is 6.04 Å². The smallest absolute Gasteiger partial charge is 0.0508 e. The van der Waals surface area contributed by atoms with Crippen LogP contribution in [-0.4, -0.2) is 20.4 Å². The number of rotatable bonds is 6. The van der Waals surface area contributed by atoms with E-state index in [1.807, 2.05) is 11.9 Å². The topological polar surface area (TPSA) is 12.0 Å². The molecule has 0 aliphatic rings. The quantitative estimate of drug-likeness (QED) is 0.405. The van der Waals surface area contributed by atoms with E-state index in [0.29, 0.717) is 0 Å². The van der Waals surface area contributed by atoms with Crippen molar-refractivity contribution in [3.8, 4) is 0 Å². The lowest BCUT2D eigenvalue weighted by Crippen LogP contribution is -2.30. The molecule has 0 rings (SSSR count). The summed E-state index contributed by atoms with van der Waals surface area (Å²) in [5, 5.41) is 0. The van der Waals surface area contributed by atoms with Gasteiger partial charge in [0.15, 0.2) is 0 Å². The molecule has 0 amide bonds. The van der Waals surface area contributed by atoms with E-state index >= 15 is 0 Å². The minimum atomic E-state index is -0.891. The van der Waals surface area contributed by atoms with Gasteiger partial charge in [0.1, 0.15) is 0 Å². The summed E-state index contributed by atoms with van der Waals surface area (Å²) in [6.45, 7) is 12.9. The molecule has 3 heteroatoms. The standard InChI is InChI=1S/C9H23NSSi/c1-6-10-11-7-8-12(4,5)9(2)3/h9-10H,6-8H2,1-5H3. The molecule has 0 fully saturated rings. The Balaban J connectivity index is 3.47. The number of hydrogen-bond acceptors (Lipinski definition) is 2. The highest BCUT2D eigenvalue weighted by molar-refractivity contribution is 7.97. The van der Waals surface area contributed by atoms with Gasteiger partial charge in [-0.1, -0.05) is 51.4 Å². The predicted octanol–water partition coefficient (Wildman–Crippen LogP) is 3.36. The van der Waals surface area contributed by atoms with Crippen molar-refractivity contribution in [2.45, 2.75) is 45.5 Å². The van der Waals surface area contributed by atoms with E-state index in [9.17, 15) is 0 Å². The van der Waals surface area contributed by atoms with Crippen LogP contribution >= 0.6 is 11.9 Å². The van der Waals surface area contributed by atoms with Gasteiger partial charge in [-0.25, -0.2) is 0 Å². The van der Waals surface area contributed by atoms with Crippen LogP contribution in [0.3, 0.4) is 0 Å². The van der Waals surface area contributed by atoms with Crippen LogP contribution in [0.25, 0.3) is 0 Å². The molecule has 0 aromatic rings. The molecule has 12 heavy (non-hydrogen) atoms. The van der Waals surface area contributed by atoms with Gasteiger partial charge in [0, 0.05) is 12.3 Å². The molecule has 0 aliphatic carbocycles. The molecule has 0 aliphatic heterocycles. The summed E-state index contributed by atoms with van der Waals surface area (Å²) in [5.74, 6) is 1.28. The van der Waals surface area contributed by atoms with E-state index < -0.39 is 8.07 Å². The van der Waals surface area contributed by atoms with Gasteiger partial charge in [0.2, 0.25) is 0 Å². The molecule has 0 radical (unpaired) electrons. The molecular formula is C9H23NSSi. The van der Waals surface area contributed by atoms with Crippen molar-refractivity contribution in [2.75, 3.05) is 12.3 Å². The van der Waals surface area contributed by atoms with E-state index in [1.165, 1.54) is 11.8 Å². The summed E-state index contributed by atoms with van der Waals surface area (Å²) in [4.78, 5) is 0. The Morgan fingerprint density at radius 2 is 1.92 bits per heavy atom. The van der Waals surface area contributed by atoms with E-state index in [0.717, 1.165) is 12.1 Å². The molecule has 0 bridgehead atoms. The fraction of sp³-hybridized carbons (Fsp3) is 1.00. The third-order valence-corrected chi connectivity index (χ3v) is 8.59. The summed E-state index contributed by atoms with van der Waals surface area (Å²) >= 11 is 1.88. The second-order valence-corrected chi connectivity index (χ2v) is 10.9. The predicted molar refractivity (Wildman–Crippen MR) is 63.5 cm³/mol. The van der Waals surface area contributed by atoms with Gasteiger partial charge in [0.25, 0.3) is 0 Å². The van der Waals surface area contributed by atoms with Gasteiger partial charge in [-0.2, -0.15) is 0 Å². The maximum atomic E-state index is 3.30. The van der Waals surface area contributed by atoms with E-state index in [4.69, 9.17) is 0 Å².